The van der Waals surface area contributed by atoms with Crippen molar-refractivity contribution in [1.29, 1.82) is 0 Å². The average molecular weight is 296 g/mol. The lowest BCUT2D eigenvalue weighted by atomic mass is 9.77. The van der Waals surface area contributed by atoms with Crippen molar-refractivity contribution in [2.24, 2.45) is 11.8 Å². The molecule has 5 nitrogen and oxygen atoms in total. The van der Waals surface area contributed by atoms with E-state index in [1.807, 2.05) is 6.92 Å². The lowest BCUT2D eigenvalue weighted by Crippen LogP contribution is -2.59. The molecule has 2 saturated carbocycles. The van der Waals surface area contributed by atoms with Gasteiger partial charge >= 0.3 is 12.0 Å². The molecule has 0 aromatic carbocycles. The molecule has 0 aromatic heterocycles. The van der Waals surface area contributed by atoms with Crippen LogP contribution >= 0.6 is 0 Å². The second-order valence-electron chi connectivity index (χ2n) is 6.89. The van der Waals surface area contributed by atoms with E-state index in [4.69, 9.17) is 0 Å². The zero-order chi connectivity index (χ0) is 15.5. The highest BCUT2D eigenvalue weighted by Gasteiger charge is 2.43. The van der Waals surface area contributed by atoms with Gasteiger partial charge in [-0.3, -0.25) is 0 Å². The molecular weight excluding hydrogens is 268 g/mol. The molecule has 120 valence electrons. The summed E-state index contributed by atoms with van der Waals surface area (Å²) in [6, 6.07) is -0.194. The number of hydrogen-bond acceptors (Lipinski definition) is 2. The molecule has 2 fully saturated rings. The van der Waals surface area contributed by atoms with Crippen LogP contribution in [-0.4, -0.2) is 40.6 Å². The van der Waals surface area contributed by atoms with E-state index in [-0.39, 0.29) is 6.03 Å². The third kappa shape index (κ3) is 4.11. The van der Waals surface area contributed by atoms with Gasteiger partial charge in [0.25, 0.3) is 0 Å². The molecule has 2 aliphatic carbocycles. The van der Waals surface area contributed by atoms with Crippen LogP contribution in [0.4, 0.5) is 4.79 Å². The minimum absolute atomic E-state index is 0.194. The van der Waals surface area contributed by atoms with Crippen LogP contribution in [0.1, 0.15) is 58.8 Å². The fourth-order valence-corrected chi connectivity index (χ4v) is 3.09. The average Bonchev–Trinajstić information content (AvgIpc) is 3.25. The highest BCUT2D eigenvalue weighted by Crippen LogP contribution is 2.33. The van der Waals surface area contributed by atoms with Gasteiger partial charge in [0.15, 0.2) is 0 Å². The zero-order valence-electron chi connectivity index (χ0n) is 13.2. The van der Waals surface area contributed by atoms with Crippen molar-refractivity contribution in [2.75, 3.05) is 13.1 Å². The number of nitrogens with zero attached hydrogens (tertiary/aromatic N) is 1. The summed E-state index contributed by atoms with van der Waals surface area (Å²) in [5, 5.41) is 12.5. The minimum Gasteiger partial charge on any atom is -0.480 e. The van der Waals surface area contributed by atoms with Crippen LogP contribution in [0.15, 0.2) is 0 Å². The van der Waals surface area contributed by atoms with Gasteiger partial charge < -0.3 is 15.3 Å². The number of nitrogens with one attached hydrogen (secondary N) is 1. The maximum Gasteiger partial charge on any atom is 0.329 e. The molecule has 2 amide bonds. The number of amides is 2. The Morgan fingerprint density at radius 3 is 2.33 bits per heavy atom. The maximum absolute atomic E-state index is 12.5. The highest BCUT2D eigenvalue weighted by atomic mass is 16.4. The fraction of sp³-hybridized carbons (Fsp3) is 0.875. The number of carboxylic acids is 1. The first kappa shape index (κ1) is 16.1. The lowest BCUT2D eigenvalue weighted by Gasteiger charge is -2.38. The summed E-state index contributed by atoms with van der Waals surface area (Å²) < 4.78 is 0. The van der Waals surface area contributed by atoms with E-state index >= 15 is 0 Å². The zero-order valence-corrected chi connectivity index (χ0v) is 13.2. The summed E-state index contributed by atoms with van der Waals surface area (Å²) in [5.41, 5.74) is -1.06. The van der Waals surface area contributed by atoms with Crippen LogP contribution in [-0.2, 0) is 4.79 Å². The Kier molecular flexibility index (Phi) is 5.12. The van der Waals surface area contributed by atoms with Crippen LogP contribution in [0.2, 0.25) is 0 Å². The lowest BCUT2D eigenvalue weighted by molar-refractivity contribution is -0.146. The van der Waals surface area contributed by atoms with E-state index in [2.05, 4.69) is 12.2 Å². The molecule has 0 bridgehead atoms. The summed E-state index contributed by atoms with van der Waals surface area (Å²) in [7, 11) is 0. The summed E-state index contributed by atoms with van der Waals surface area (Å²) in [6.45, 7) is 5.66. The first-order chi connectivity index (χ1) is 9.97. The van der Waals surface area contributed by atoms with Gasteiger partial charge in [-0.2, -0.15) is 0 Å². The topological polar surface area (TPSA) is 69.6 Å². The molecule has 21 heavy (non-hydrogen) atoms. The van der Waals surface area contributed by atoms with Gasteiger partial charge in [0.05, 0.1) is 0 Å². The van der Waals surface area contributed by atoms with Crippen molar-refractivity contribution >= 4 is 12.0 Å². The van der Waals surface area contributed by atoms with Crippen LogP contribution in [0.5, 0.6) is 0 Å². The smallest absolute Gasteiger partial charge is 0.329 e. The Morgan fingerprint density at radius 2 is 1.86 bits per heavy atom. The molecule has 2 rings (SSSR count). The van der Waals surface area contributed by atoms with Gasteiger partial charge in [-0.05, 0) is 56.8 Å². The molecule has 0 aliphatic heterocycles. The monoisotopic (exact) mass is 296 g/mol. The quantitative estimate of drug-likeness (QED) is 0.792. The van der Waals surface area contributed by atoms with E-state index in [9.17, 15) is 14.7 Å². The van der Waals surface area contributed by atoms with Gasteiger partial charge in [-0.1, -0.05) is 13.8 Å². The number of carboxylic acid groups (broad SMARTS) is 1. The molecule has 0 unspecified atom stereocenters. The second-order valence-corrected chi connectivity index (χ2v) is 6.89. The molecule has 5 heteroatoms. The Bertz CT molecular complexity index is 385. The summed E-state index contributed by atoms with van der Waals surface area (Å²) in [5.74, 6) is 0.285. The number of urea groups is 1. The molecule has 0 radical (unpaired) electrons. The molecule has 0 atom stereocenters. The van der Waals surface area contributed by atoms with Gasteiger partial charge in [-0.15, -0.1) is 0 Å². The molecule has 0 aromatic rings. The second kappa shape index (κ2) is 6.67. The highest BCUT2D eigenvalue weighted by molar-refractivity contribution is 5.86. The number of aliphatic carboxylic acids is 1. The van der Waals surface area contributed by atoms with E-state index in [1.54, 1.807) is 4.90 Å². The van der Waals surface area contributed by atoms with Crippen molar-refractivity contribution in [1.82, 2.24) is 10.2 Å². The summed E-state index contributed by atoms with van der Waals surface area (Å²) in [6.07, 6.45) is 6.09. The Hall–Kier alpha value is -1.26. The van der Waals surface area contributed by atoms with Gasteiger partial charge in [-0.25, -0.2) is 9.59 Å². The van der Waals surface area contributed by atoms with Crippen molar-refractivity contribution in [3.05, 3.63) is 0 Å². The third-order valence-electron chi connectivity index (χ3n) is 4.84. The van der Waals surface area contributed by atoms with Crippen molar-refractivity contribution < 1.29 is 14.7 Å². The van der Waals surface area contributed by atoms with E-state index in [0.717, 1.165) is 25.8 Å². The molecule has 0 spiro atoms. The molecule has 2 aliphatic rings. The largest absolute Gasteiger partial charge is 0.480 e. The fourth-order valence-electron chi connectivity index (χ4n) is 3.09. The number of hydrogen-bond donors (Lipinski definition) is 2. The van der Waals surface area contributed by atoms with Crippen molar-refractivity contribution in [3.8, 4) is 0 Å². The Labute approximate surface area is 127 Å². The summed E-state index contributed by atoms with van der Waals surface area (Å²) >= 11 is 0. The van der Waals surface area contributed by atoms with Crippen LogP contribution in [0.25, 0.3) is 0 Å². The predicted octanol–water partition coefficient (Wildman–Crippen LogP) is 2.85. The SMILES string of the molecule is CCCN(CC1CC1)C(=O)NC1(C(=O)O)CCC(C)CC1. The van der Waals surface area contributed by atoms with E-state index in [1.165, 1.54) is 12.8 Å². The van der Waals surface area contributed by atoms with E-state index < -0.39 is 11.5 Å². The van der Waals surface area contributed by atoms with Crippen LogP contribution < -0.4 is 5.32 Å². The Balaban J connectivity index is 2.00. The summed E-state index contributed by atoms with van der Waals surface area (Å²) in [4.78, 5) is 26.0. The van der Waals surface area contributed by atoms with E-state index in [0.29, 0.717) is 31.2 Å². The normalized spacial score (nSPS) is 29.0. The predicted molar refractivity (Wildman–Crippen MR) is 81.1 cm³/mol. The maximum atomic E-state index is 12.5. The van der Waals surface area contributed by atoms with Crippen molar-refractivity contribution in [2.45, 2.75) is 64.3 Å². The van der Waals surface area contributed by atoms with Gasteiger partial charge in [0.2, 0.25) is 0 Å². The van der Waals surface area contributed by atoms with Gasteiger partial charge in [0, 0.05) is 13.1 Å². The standard InChI is InChI=1S/C16H28N2O3/c1-3-10-18(11-13-4-5-13)15(21)17-16(14(19)20)8-6-12(2)7-9-16/h12-13H,3-11H2,1-2H3,(H,17,21)(H,19,20). The molecular formula is C16H28N2O3. The first-order valence-corrected chi connectivity index (χ1v) is 8.27. The third-order valence-corrected chi connectivity index (χ3v) is 4.84. The van der Waals surface area contributed by atoms with Crippen molar-refractivity contribution in [3.63, 3.8) is 0 Å². The molecule has 0 saturated heterocycles. The minimum atomic E-state index is -1.06. The van der Waals surface area contributed by atoms with Crippen LogP contribution in [0, 0.1) is 11.8 Å². The van der Waals surface area contributed by atoms with Crippen LogP contribution in [0.3, 0.4) is 0 Å². The molecule has 0 heterocycles. The number of rotatable bonds is 6. The van der Waals surface area contributed by atoms with Gasteiger partial charge in [0.1, 0.15) is 5.54 Å². The first-order valence-electron chi connectivity index (χ1n) is 8.27. The Morgan fingerprint density at radius 1 is 1.24 bits per heavy atom. The molecule has 2 N–H and O–H groups in total. The number of carbonyl (C=O) groups excluding carboxylic acids is 1. The number of carbonyl (C=O) groups is 2.